The van der Waals surface area contributed by atoms with E-state index in [9.17, 15) is 0 Å². The second-order valence-electron chi connectivity index (χ2n) is 3.34. The van der Waals surface area contributed by atoms with Gasteiger partial charge in [-0.25, -0.2) is 4.98 Å². The molecule has 1 aliphatic carbocycles. The fourth-order valence-electron chi connectivity index (χ4n) is 1.30. The maximum Gasteiger partial charge on any atom is 0.141 e. The summed E-state index contributed by atoms with van der Waals surface area (Å²) >= 11 is 0. The molecule has 11 heavy (non-hydrogen) atoms. The van der Waals surface area contributed by atoms with Crippen molar-refractivity contribution < 1.29 is 0 Å². The molecule has 1 heterocycles. The van der Waals surface area contributed by atoms with Gasteiger partial charge in [-0.1, -0.05) is 0 Å². The highest BCUT2D eigenvalue weighted by Crippen LogP contribution is 2.32. The maximum absolute atomic E-state index is 5.54. The molecule has 0 atom stereocenters. The lowest BCUT2D eigenvalue weighted by Crippen LogP contribution is -1.97. The van der Waals surface area contributed by atoms with Gasteiger partial charge in [0, 0.05) is 19.7 Å². The van der Waals surface area contributed by atoms with Crippen molar-refractivity contribution in [2.24, 2.45) is 13.0 Å². The molecule has 0 aliphatic heterocycles. The number of aromatic nitrogens is 2. The summed E-state index contributed by atoms with van der Waals surface area (Å²) in [6.45, 7) is 0. The second kappa shape index (κ2) is 2.26. The first kappa shape index (κ1) is 6.70. The van der Waals surface area contributed by atoms with Crippen LogP contribution in [-0.4, -0.2) is 9.55 Å². The van der Waals surface area contributed by atoms with Gasteiger partial charge in [0.15, 0.2) is 0 Å². The predicted molar refractivity (Wildman–Crippen MR) is 44.0 cm³/mol. The molecule has 3 nitrogen and oxygen atoms in total. The summed E-state index contributed by atoms with van der Waals surface area (Å²) < 4.78 is 2.02. The van der Waals surface area contributed by atoms with Crippen LogP contribution >= 0.6 is 0 Å². The summed E-state index contributed by atoms with van der Waals surface area (Å²) in [5, 5.41) is 0. The smallest absolute Gasteiger partial charge is 0.141 e. The van der Waals surface area contributed by atoms with Crippen LogP contribution in [0, 0.1) is 5.92 Å². The van der Waals surface area contributed by atoms with Gasteiger partial charge in [0.05, 0.1) is 0 Å². The van der Waals surface area contributed by atoms with E-state index in [2.05, 4.69) is 4.98 Å². The van der Waals surface area contributed by atoms with Crippen LogP contribution in [0.15, 0.2) is 6.20 Å². The number of anilines is 1. The molecule has 0 saturated heterocycles. The molecule has 1 aromatic rings. The molecule has 0 radical (unpaired) electrons. The number of nitrogen functional groups attached to an aromatic ring is 1. The summed E-state index contributed by atoms with van der Waals surface area (Å²) in [7, 11) is 2.00. The first-order chi connectivity index (χ1) is 5.25. The molecular weight excluding hydrogens is 138 g/mol. The van der Waals surface area contributed by atoms with Crippen LogP contribution in [0.25, 0.3) is 0 Å². The van der Waals surface area contributed by atoms with Gasteiger partial charge in [0.25, 0.3) is 0 Å². The Kier molecular flexibility index (Phi) is 1.37. The zero-order valence-corrected chi connectivity index (χ0v) is 6.75. The molecular formula is C8H13N3. The average molecular weight is 151 g/mol. The van der Waals surface area contributed by atoms with Crippen LogP contribution in [0.4, 0.5) is 5.82 Å². The highest BCUT2D eigenvalue weighted by Gasteiger charge is 2.23. The Bertz CT molecular complexity index is 260. The monoisotopic (exact) mass is 151 g/mol. The third kappa shape index (κ3) is 1.37. The molecule has 60 valence electrons. The molecule has 3 heteroatoms. The van der Waals surface area contributed by atoms with Gasteiger partial charge in [-0.3, -0.25) is 0 Å². The minimum atomic E-state index is 0.642. The predicted octanol–water partition coefficient (Wildman–Crippen LogP) is 0.955. The Hall–Kier alpha value is -0.990. The zero-order chi connectivity index (χ0) is 7.84. The van der Waals surface area contributed by atoms with E-state index in [1.54, 1.807) is 0 Å². The van der Waals surface area contributed by atoms with E-state index in [1.807, 2.05) is 17.8 Å². The highest BCUT2D eigenvalue weighted by molar-refractivity contribution is 5.25. The second-order valence-corrected chi connectivity index (χ2v) is 3.34. The molecule has 1 saturated carbocycles. The normalized spacial score (nSPS) is 17.2. The fourth-order valence-corrected chi connectivity index (χ4v) is 1.30. The van der Waals surface area contributed by atoms with E-state index in [0.29, 0.717) is 5.82 Å². The quantitative estimate of drug-likeness (QED) is 0.684. The molecule has 1 aromatic heterocycles. The van der Waals surface area contributed by atoms with Crippen LogP contribution in [0.2, 0.25) is 0 Å². The summed E-state index contributed by atoms with van der Waals surface area (Å²) in [5.41, 5.74) is 5.54. The van der Waals surface area contributed by atoms with E-state index >= 15 is 0 Å². The van der Waals surface area contributed by atoms with Gasteiger partial charge in [-0.2, -0.15) is 0 Å². The number of nitrogens with zero attached hydrogens (tertiary/aromatic N) is 2. The molecule has 0 spiro atoms. The van der Waals surface area contributed by atoms with Crippen molar-refractivity contribution in [2.75, 3.05) is 5.73 Å². The van der Waals surface area contributed by atoms with Crippen LogP contribution in [0.1, 0.15) is 18.7 Å². The van der Waals surface area contributed by atoms with Crippen molar-refractivity contribution in [2.45, 2.75) is 19.3 Å². The topological polar surface area (TPSA) is 43.8 Å². The Morgan fingerprint density at radius 1 is 1.73 bits per heavy atom. The number of hydrogen-bond donors (Lipinski definition) is 1. The lowest BCUT2D eigenvalue weighted by Gasteiger charge is -1.97. The number of imidazole rings is 1. The molecule has 2 rings (SSSR count). The van der Waals surface area contributed by atoms with Crippen molar-refractivity contribution in [1.82, 2.24) is 9.55 Å². The standard InChI is InChI=1S/C8H13N3/c1-11-5-7(9)10-8(11)4-6-2-3-6/h5-6H,2-4,9H2,1H3. The Morgan fingerprint density at radius 3 is 2.91 bits per heavy atom. The zero-order valence-electron chi connectivity index (χ0n) is 6.75. The van der Waals surface area contributed by atoms with E-state index in [-0.39, 0.29) is 0 Å². The van der Waals surface area contributed by atoms with Crippen molar-refractivity contribution >= 4 is 5.82 Å². The Morgan fingerprint density at radius 2 is 2.45 bits per heavy atom. The summed E-state index contributed by atoms with van der Waals surface area (Å²) in [4.78, 5) is 4.23. The van der Waals surface area contributed by atoms with Gasteiger partial charge in [-0.15, -0.1) is 0 Å². The van der Waals surface area contributed by atoms with Crippen molar-refractivity contribution in [3.63, 3.8) is 0 Å². The van der Waals surface area contributed by atoms with Gasteiger partial charge in [-0.05, 0) is 18.8 Å². The van der Waals surface area contributed by atoms with Crippen LogP contribution in [-0.2, 0) is 13.5 Å². The van der Waals surface area contributed by atoms with E-state index in [4.69, 9.17) is 5.73 Å². The maximum atomic E-state index is 5.54. The minimum absolute atomic E-state index is 0.642. The third-order valence-electron chi connectivity index (χ3n) is 2.16. The third-order valence-corrected chi connectivity index (χ3v) is 2.16. The van der Waals surface area contributed by atoms with Crippen LogP contribution in [0.5, 0.6) is 0 Å². The summed E-state index contributed by atoms with van der Waals surface area (Å²) in [6.07, 6.45) is 5.71. The minimum Gasteiger partial charge on any atom is -0.382 e. The fraction of sp³-hybridized carbons (Fsp3) is 0.625. The van der Waals surface area contributed by atoms with Gasteiger partial charge in [0.2, 0.25) is 0 Å². The van der Waals surface area contributed by atoms with Crippen molar-refractivity contribution in [3.8, 4) is 0 Å². The number of hydrogen-bond acceptors (Lipinski definition) is 2. The number of aryl methyl sites for hydroxylation is 1. The molecule has 0 amide bonds. The van der Waals surface area contributed by atoms with Crippen molar-refractivity contribution in [3.05, 3.63) is 12.0 Å². The molecule has 1 fully saturated rings. The SMILES string of the molecule is Cn1cc(N)nc1CC1CC1. The lowest BCUT2D eigenvalue weighted by molar-refractivity contribution is 0.718. The molecule has 1 aliphatic rings. The van der Waals surface area contributed by atoms with Crippen molar-refractivity contribution in [1.29, 1.82) is 0 Å². The Balaban J connectivity index is 2.14. The largest absolute Gasteiger partial charge is 0.382 e. The average Bonchev–Trinajstić information content (AvgIpc) is 2.64. The van der Waals surface area contributed by atoms with Crippen LogP contribution in [0.3, 0.4) is 0 Å². The van der Waals surface area contributed by atoms with Gasteiger partial charge < -0.3 is 10.3 Å². The molecule has 0 unspecified atom stereocenters. The van der Waals surface area contributed by atoms with Crippen LogP contribution < -0.4 is 5.73 Å². The summed E-state index contributed by atoms with van der Waals surface area (Å²) in [5.74, 6) is 2.66. The van der Waals surface area contributed by atoms with Gasteiger partial charge >= 0.3 is 0 Å². The van der Waals surface area contributed by atoms with Gasteiger partial charge in [0.1, 0.15) is 11.6 Å². The van der Waals surface area contributed by atoms with E-state index in [0.717, 1.165) is 18.2 Å². The van der Waals surface area contributed by atoms with E-state index in [1.165, 1.54) is 12.8 Å². The molecule has 0 bridgehead atoms. The first-order valence-corrected chi connectivity index (χ1v) is 4.03. The molecule has 2 N–H and O–H groups in total. The number of rotatable bonds is 2. The first-order valence-electron chi connectivity index (χ1n) is 4.03. The Labute approximate surface area is 66.2 Å². The van der Waals surface area contributed by atoms with E-state index < -0.39 is 0 Å². The highest BCUT2D eigenvalue weighted by atomic mass is 15.1. The molecule has 0 aromatic carbocycles. The number of nitrogens with two attached hydrogens (primary N) is 1. The lowest BCUT2D eigenvalue weighted by atomic mass is 10.3. The summed E-state index contributed by atoms with van der Waals surface area (Å²) in [6, 6.07) is 0.